The molecule has 104 heavy (non-hydrogen) atoms. The summed E-state index contributed by atoms with van der Waals surface area (Å²) >= 11 is 3.62. The van der Waals surface area contributed by atoms with Crippen LogP contribution in [0.3, 0.4) is 0 Å². The van der Waals surface area contributed by atoms with Crippen molar-refractivity contribution in [1.29, 1.82) is 0 Å². The van der Waals surface area contributed by atoms with Crippen LogP contribution in [0.25, 0.3) is 55.0 Å². The molecule has 10 N–H and O–H groups in total. The van der Waals surface area contributed by atoms with Gasteiger partial charge in [-0.05, 0) is 114 Å². The first kappa shape index (κ1) is 83.3. The van der Waals surface area contributed by atoms with Crippen LogP contribution in [0.5, 0.6) is 17.2 Å². The molecule has 0 aliphatic carbocycles. The van der Waals surface area contributed by atoms with E-state index in [4.69, 9.17) is 56.0 Å². The van der Waals surface area contributed by atoms with Gasteiger partial charge in [0.2, 0.25) is 0 Å². The molecule has 0 aliphatic rings. The SMILES string of the molecule is CCOC(=O)Cc1ccccc1OCc1cc(-c2cccc(CN)c2F)c2ccn(C)c2c1.CCOC(=O)Cc1ccccc1OCc1cc(Br)c2ccn(C)c2c1.Cl.Cn1ccc2c(-c3cccc(CN)c3F)cc(COc3ccccc3CC(=O)O)cc21.NCc1cccc(B(O)O)c1F.[Li+].[OH-]. The average molecular weight is 1500 g/mol. The molecule has 0 aliphatic heterocycles. The second-order valence-corrected chi connectivity index (χ2v) is 24.4. The number of nitrogens with two attached hydrogens (primary N) is 3. The number of hydrogen-bond donors (Lipinski definition) is 6. The number of para-hydroxylation sites is 3. The fourth-order valence-electron chi connectivity index (χ4n) is 11.5. The zero-order chi connectivity index (χ0) is 72.3. The van der Waals surface area contributed by atoms with Gasteiger partial charge in [0.25, 0.3) is 0 Å². The number of aromatic nitrogens is 3. The fourth-order valence-corrected chi connectivity index (χ4v) is 12.2. The van der Waals surface area contributed by atoms with E-state index < -0.39 is 18.9 Å². The Bertz CT molecular complexity index is 4900. The van der Waals surface area contributed by atoms with Crippen LogP contribution in [0.1, 0.15) is 63.9 Å². The second kappa shape index (κ2) is 39.9. The molecule has 0 bridgehead atoms. The van der Waals surface area contributed by atoms with E-state index in [1.54, 1.807) is 68.4 Å². The van der Waals surface area contributed by atoms with E-state index in [1.165, 1.54) is 23.6 Å². The first-order chi connectivity index (χ1) is 48.7. The summed E-state index contributed by atoms with van der Waals surface area (Å²) in [5.74, 6) is -0.872. The molecular weight excluding hydrogens is 1420 g/mol. The summed E-state index contributed by atoms with van der Waals surface area (Å²) in [6, 6.07) is 55.1. The molecule has 0 fully saturated rings. The number of fused-ring (bicyclic) bond motifs is 3. The Morgan fingerprint density at radius 2 is 0.788 bits per heavy atom. The number of ether oxygens (including phenoxy) is 5. The van der Waals surface area contributed by atoms with Gasteiger partial charge in [0, 0.05) is 147 Å². The Balaban J connectivity index is 0.000000225. The summed E-state index contributed by atoms with van der Waals surface area (Å²) < 4.78 is 78.6. The van der Waals surface area contributed by atoms with Crippen LogP contribution in [0.15, 0.2) is 205 Å². The maximum atomic E-state index is 15.2. The largest absolute Gasteiger partial charge is 1.00 e. The smallest absolute Gasteiger partial charge is 0.870 e. The van der Waals surface area contributed by atoms with E-state index in [9.17, 15) is 18.8 Å². The van der Waals surface area contributed by atoms with Crippen LogP contribution >= 0.6 is 28.3 Å². The number of halogens is 5. The molecule has 0 atom stereocenters. The van der Waals surface area contributed by atoms with Crippen molar-refractivity contribution in [3.05, 3.63) is 273 Å². The van der Waals surface area contributed by atoms with Gasteiger partial charge in [-0.1, -0.05) is 125 Å². The summed E-state index contributed by atoms with van der Waals surface area (Å²) in [6.07, 6.45) is 6.17. The third kappa shape index (κ3) is 21.1. The van der Waals surface area contributed by atoms with Crippen molar-refractivity contribution in [2.24, 2.45) is 38.3 Å². The topological polar surface area (TPSA) is 281 Å². The summed E-state index contributed by atoms with van der Waals surface area (Å²) in [7, 11) is 4.13. The molecule has 9 aromatic carbocycles. The van der Waals surface area contributed by atoms with E-state index in [0.29, 0.717) is 64.9 Å². The molecule has 0 saturated heterocycles. The second-order valence-electron chi connectivity index (χ2n) is 23.5. The molecule has 0 unspecified atom stereocenters. The predicted octanol–water partition coefficient (Wildman–Crippen LogP) is 10.6. The van der Waals surface area contributed by atoms with Crippen molar-refractivity contribution in [3.63, 3.8) is 0 Å². The van der Waals surface area contributed by atoms with Crippen LogP contribution < -0.4 is 55.7 Å². The van der Waals surface area contributed by atoms with Crippen molar-refractivity contribution in [2.45, 2.75) is 72.6 Å². The number of benzene rings is 9. The summed E-state index contributed by atoms with van der Waals surface area (Å²) in [5.41, 5.74) is 28.4. The minimum atomic E-state index is -1.78. The molecule has 25 heteroatoms. The number of aryl methyl sites for hydroxylation is 3. The number of esters is 2. The van der Waals surface area contributed by atoms with Gasteiger partial charge in [-0.25, -0.2) is 13.2 Å². The Morgan fingerprint density at radius 1 is 0.452 bits per heavy atom. The number of carbonyl (C=O) groups excluding carboxylic acids is 2. The minimum absolute atomic E-state index is 0. The Kier molecular flexibility index (Phi) is 32.0. The van der Waals surface area contributed by atoms with E-state index in [0.717, 1.165) is 70.7 Å². The van der Waals surface area contributed by atoms with Gasteiger partial charge in [0.1, 0.15) is 54.5 Å². The summed E-state index contributed by atoms with van der Waals surface area (Å²) in [5, 5.41) is 29.6. The first-order valence-electron chi connectivity index (χ1n) is 32.6. The van der Waals surface area contributed by atoms with Crippen molar-refractivity contribution >= 4 is 91.5 Å². The quantitative estimate of drug-likeness (QED) is 0.0257. The number of aliphatic carboxylic acids is 1. The number of nitrogens with zero attached hydrogens (tertiary/aromatic N) is 3. The van der Waals surface area contributed by atoms with Gasteiger partial charge >= 0.3 is 43.9 Å². The fraction of sp³-hybridized carbons (Fsp3) is 0.203. The third-order valence-corrected chi connectivity index (χ3v) is 17.3. The van der Waals surface area contributed by atoms with Gasteiger partial charge in [-0.3, -0.25) is 14.4 Å². The Hall–Kier alpha value is -9.61. The van der Waals surface area contributed by atoms with Gasteiger partial charge in [0.05, 0.1) is 32.5 Å². The van der Waals surface area contributed by atoms with Crippen LogP contribution in [0.2, 0.25) is 0 Å². The van der Waals surface area contributed by atoms with Crippen molar-refractivity contribution < 1.29 is 90.7 Å². The normalized spacial score (nSPS) is 10.6. The van der Waals surface area contributed by atoms with Gasteiger partial charge < -0.3 is 75.2 Å². The minimum Gasteiger partial charge on any atom is -0.870 e. The standard InChI is InChI=1S/C27H27FN2O3.C25H23FN2O3.C20H20BrNO3.C7H9BFNO2.ClH.Li.H2O/c1-3-32-26(31)15-19-7-4-5-10-25(19)33-17-18-13-23(21-11-12-30(2)24(21)14-18)22-9-6-8-20(16-29)27(22)28;1-28-10-9-19-21(20-7-4-6-18(14-27)25(20)26)11-16(12-22(19)28)15-31-23-8-3-2-5-17(23)13-24(29)30;1-3-24-20(23)12-15-6-4-5-7-19(15)25-13-14-10-17(21)16-8-9-22(2)18(16)11-14;9-7-5(4-10)2-1-3-6(7)8(11)12;;;/h4-14H,3,15-17,29H2,1-2H3;2-12H,13-15,27H2,1H3,(H,29,30);4-11H,3,12-13H2,1-2H3;1-3,11-12H,4,10H2;1H;;1H2/q;;;;;+1;/p-1. The first-order valence-corrected chi connectivity index (χ1v) is 33.4. The van der Waals surface area contributed by atoms with Crippen molar-refractivity contribution in [1.82, 2.24) is 13.7 Å². The summed E-state index contributed by atoms with van der Waals surface area (Å²) in [6.45, 7) is 5.54. The Labute approximate surface area is 628 Å². The van der Waals surface area contributed by atoms with Gasteiger partial charge in [-0.2, -0.15) is 0 Å². The van der Waals surface area contributed by atoms with E-state index in [-0.39, 0.29) is 123 Å². The molecule has 18 nitrogen and oxygen atoms in total. The average Bonchev–Trinajstić information content (AvgIpc) is 1.55. The number of hydrogen-bond acceptors (Lipinski definition) is 14. The summed E-state index contributed by atoms with van der Waals surface area (Å²) in [4.78, 5) is 34.8. The van der Waals surface area contributed by atoms with E-state index in [1.807, 2.05) is 140 Å². The molecule has 0 radical (unpaired) electrons. The van der Waals surface area contributed by atoms with Crippen LogP contribution in [-0.4, -0.2) is 72.6 Å². The van der Waals surface area contributed by atoms with Crippen molar-refractivity contribution in [3.8, 4) is 39.5 Å². The van der Waals surface area contributed by atoms with Crippen LogP contribution in [0, 0.1) is 17.5 Å². The molecule has 0 spiro atoms. The monoisotopic (exact) mass is 1490 g/mol. The number of carboxylic acids is 1. The maximum absolute atomic E-state index is 15.2. The molecule has 3 aromatic heterocycles. The molecule has 538 valence electrons. The number of carbonyl (C=O) groups is 3. The Morgan fingerprint density at radius 3 is 1.16 bits per heavy atom. The molecule has 12 aromatic rings. The molecule has 12 rings (SSSR count). The van der Waals surface area contributed by atoms with Crippen LogP contribution in [0.4, 0.5) is 13.2 Å². The zero-order valence-corrected chi connectivity index (χ0v) is 60.9. The van der Waals surface area contributed by atoms with E-state index in [2.05, 4.69) is 38.7 Å². The predicted molar refractivity (Wildman–Crippen MR) is 401 cm³/mol. The number of carboxylic acid groups (broad SMARTS) is 1. The van der Waals surface area contributed by atoms with Gasteiger partial charge in [-0.15, -0.1) is 12.4 Å². The van der Waals surface area contributed by atoms with Gasteiger partial charge in [0.15, 0.2) is 0 Å². The maximum Gasteiger partial charge on any atom is 1.00 e. The zero-order valence-electron chi connectivity index (χ0n) is 58.5. The molecular formula is C79H81BBrClF3LiN6O12. The molecule has 3 heterocycles. The van der Waals surface area contributed by atoms with Crippen molar-refractivity contribution in [2.75, 3.05) is 13.2 Å². The van der Waals surface area contributed by atoms with Crippen LogP contribution in [-0.2, 0) is 104 Å². The number of rotatable bonds is 23. The molecule has 0 saturated carbocycles. The molecule has 0 amide bonds. The van der Waals surface area contributed by atoms with E-state index >= 15 is 8.78 Å². The third-order valence-electron chi connectivity index (χ3n) is 16.6.